The maximum atomic E-state index is 14.8. The van der Waals surface area contributed by atoms with Crippen molar-refractivity contribution in [3.63, 3.8) is 0 Å². The lowest BCUT2D eigenvalue weighted by Crippen LogP contribution is -2.67. The third-order valence-corrected chi connectivity index (χ3v) is 11.0. The van der Waals surface area contributed by atoms with Gasteiger partial charge in [-0.2, -0.15) is 13.2 Å². The predicted molar refractivity (Wildman–Crippen MR) is 208 cm³/mol. The number of aromatic nitrogens is 1. The van der Waals surface area contributed by atoms with Crippen LogP contribution in [-0.2, 0) is 44.6 Å². The highest BCUT2D eigenvalue weighted by molar-refractivity contribution is 6.02. The summed E-state index contributed by atoms with van der Waals surface area (Å²) in [4.78, 5) is 71.1. The minimum atomic E-state index is -4.69. The van der Waals surface area contributed by atoms with Gasteiger partial charge in [0.15, 0.2) is 0 Å². The van der Waals surface area contributed by atoms with Gasteiger partial charge in [-0.25, -0.2) is 9.18 Å². The Hall–Kier alpha value is -5.93. The highest BCUT2D eigenvalue weighted by Crippen LogP contribution is 2.40. The molecule has 0 saturated carbocycles. The minimum absolute atomic E-state index is 0.0344. The molecule has 16 heteroatoms. The average molecular weight is 810 g/mol. The number of ether oxygens (including phenoxy) is 1. The van der Waals surface area contributed by atoms with Gasteiger partial charge in [0.1, 0.15) is 34.8 Å². The molecule has 0 saturated heterocycles. The first-order valence-electron chi connectivity index (χ1n) is 19.0. The van der Waals surface area contributed by atoms with Gasteiger partial charge >= 0.3 is 12.1 Å². The van der Waals surface area contributed by atoms with Gasteiger partial charge in [0.05, 0.1) is 24.6 Å². The van der Waals surface area contributed by atoms with E-state index in [1.807, 2.05) is 0 Å². The van der Waals surface area contributed by atoms with Crippen LogP contribution in [0.4, 0.5) is 23.2 Å². The van der Waals surface area contributed by atoms with E-state index in [-0.39, 0.29) is 59.2 Å². The Balaban J connectivity index is 1.52. The molecule has 310 valence electrons. The van der Waals surface area contributed by atoms with Crippen LogP contribution in [0.2, 0.25) is 0 Å². The molecular weight excluding hydrogens is 762 g/mol. The number of hydrogen-bond acceptors (Lipinski definition) is 6. The smallest absolute Gasteiger partial charge is 0.418 e. The molecule has 58 heavy (non-hydrogen) atoms. The minimum Gasteiger partial charge on any atom is -0.496 e. The number of aryl methyl sites for hydroxylation is 1. The number of amides is 4. The second-order valence-electron chi connectivity index (χ2n) is 14.8. The van der Waals surface area contributed by atoms with Gasteiger partial charge in [-0.15, -0.1) is 0 Å². The SMILES string of the molecule is CCC(C)[C@H](NC(=O)Cc1ccccc1F)C(=O)N[C@]1(C(=O)N[C@H](C(=O)Nc2ccc(OC)c(C(=O)O)c2)C(C)CC)CCc2[nH]c3c(C(F)(F)F)cccc3c2C1. The Morgan fingerprint density at radius 3 is 2.21 bits per heavy atom. The molecule has 0 radical (unpaired) electrons. The number of hydrogen-bond donors (Lipinski definition) is 6. The topological polar surface area (TPSA) is 179 Å². The Labute approximate surface area is 332 Å². The number of rotatable bonds is 15. The van der Waals surface area contributed by atoms with Crippen molar-refractivity contribution < 1.29 is 51.4 Å². The Kier molecular flexibility index (Phi) is 13.2. The maximum absolute atomic E-state index is 14.8. The average Bonchev–Trinajstić information content (AvgIpc) is 3.56. The second-order valence-corrected chi connectivity index (χ2v) is 14.8. The number of carbonyl (C=O) groups excluding carboxylic acids is 4. The summed E-state index contributed by atoms with van der Waals surface area (Å²) in [5, 5.41) is 20.9. The van der Waals surface area contributed by atoms with Crippen LogP contribution in [0.1, 0.15) is 79.7 Å². The Morgan fingerprint density at radius 2 is 1.59 bits per heavy atom. The number of alkyl halides is 3. The fraction of sp³-hybridized carbons (Fsp3) is 0.405. The van der Waals surface area contributed by atoms with Crippen LogP contribution < -0.4 is 26.0 Å². The number of carboxylic acid groups (broad SMARTS) is 1. The fourth-order valence-electron chi connectivity index (χ4n) is 7.27. The lowest BCUT2D eigenvalue weighted by molar-refractivity contribution is -0.138. The number of carboxylic acids is 1. The van der Waals surface area contributed by atoms with Crippen molar-refractivity contribution >= 4 is 46.2 Å². The fourth-order valence-corrected chi connectivity index (χ4v) is 7.27. The molecule has 1 heterocycles. The van der Waals surface area contributed by atoms with E-state index in [2.05, 4.69) is 26.3 Å². The summed E-state index contributed by atoms with van der Waals surface area (Å²) >= 11 is 0. The highest BCUT2D eigenvalue weighted by atomic mass is 19.4. The van der Waals surface area contributed by atoms with Gasteiger partial charge < -0.3 is 36.1 Å². The van der Waals surface area contributed by atoms with Crippen LogP contribution in [-0.4, -0.2) is 64.4 Å². The van der Waals surface area contributed by atoms with Crippen LogP contribution in [0.3, 0.4) is 0 Å². The summed E-state index contributed by atoms with van der Waals surface area (Å²) in [6.07, 6.45) is -4.58. The molecule has 12 nitrogen and oxygen atoms in total. The third kappa shape index (κ3) is 9.27. The van der Waals surface area contributed by atoms with E-state index in [1.54, 1.807) is 33.8 Å². The Bertz CT molecular complexity index is 2210. The number of para-hydroxylation sites is 1. The molecule has 0 aliphatic heterocycles. The zero-order valence-corrected chi connectivity index (χ0v) is 32.7. The summed E-state index contributed by atoms with van der Waals surface area (Å²) < 4.78 is 61.9. The molecule has 2 unspecified atom stereocenters. The molecule has 6 N–H and O–H groups in total. The third-order valence-electron chi connectivity index (χ3n) is 11.0. The van der Waals surface area contributed by atoms with Crippen molar-refractivity contribution in [2.24, 2.45) is 11.8 Å². The van der Waals surface area contributed by atoms with Crippen molar-refractivity contribution in [3.8, 4) is 5.75 Å². The van der Waals surface area contributed by atoms with E-state index >= 15 is 0 Å². The highest BCUT2D eigenvalue weighted by Gasteiger charge is 2.47. The molecule has 1 aliphatic carbocycles. The number of aromatic amines is 1. The van der Waals surface area contributed by atoms with Crippen LogP contribution in [0.15, 0.2) is 60.7 Å². The van der Waals surface area contributed by atoms with Crippen LogP contribution in [0.25, 0.3) is 10.9 Å². The van der Waals surface area contributed by atoms with Crippen LogP contribution in [0.5, 0.6) is 5.75 Å². The van der Waals surface area contributed by atoms with Gasteiger partial charge in [-0.3, -0.25) is 19.2 Å². The predicted octanol–water partition coefficient (Wildman–Crippen LogP) is 6.32. The monoisotopic (exact) mass is 809 g/mol. The standard InChI is InChI=1S/C42H47F4N5O7/c1-6-22(3)34(37(53)47-25-15-16-32(58-5)27(20-25)39(55)56)50-40(57)41(18-17-31-28(21-41)26-12-10-13-29(36(26)48-31)42(44,45)46)51-38(54)35(23(4)7-2)49-33(52)19-24-11-8-9-14-30(24)43/h8-16,20,22-23,34-35,48H,6-7,17-19,21H2,1-5H3,(H,47,53)(H,49,52)(H,50,57)(H,51,54)(H,55,56)/t22?,23?,34-,35-,41+/m0/s1. The van der Waals surface area contributed by atoms with Crippen molar-refractivity contribution in [1.82, 2.24) is 20.9 Å². The number of anilines is 1. The molecule has 4 amide bonds. The van der Waals surface area contributed by atoms with Crippen molar-refractivity contribution in [1.29, 1.82) is 0 Å². The molecule has 1 aromatic heterocycles. The van der Waals surface area contributed by atoms with Gasteiger partial charge in [0.25, 0.3) is 0 Å². The normalized spacial score (nSPS) is 17.3. The van der Waals surface area contributed by atoms with Gasteiger partial charge in [-0.1, -0.05) is 70.9 Å². The van der Waals surface area contributed by atoms with Crippen molar-refractivity contribution in [2.45, 2.75) is 90.0 Å². The van der Waals surface area contributed by atoms with Crippen LogP contribution >= 0.6 is 0 Å². The summed E-state index contributed by atoms with van der Waals surface area (Å²) in [5.74, 6) is -5.71. The van der Waals surface area contributed by atoms with E-state index in [0.717, 1.165) is 6.07 Å². The summed E-state index contributed by atoms with van der Waals surface area (Å²) in [5.41, 5.74) is -2.08. The molecular formula is C42H47F4N5O7. The molecule has 0 fully saturated rings. The number of aromatic carboxylic acids is 1. The van der Waals surface area contributed by atoms with Gasteiger partial charge in [0, 0.05) is 23.2 Å². The van der Waals surface area contributed by atoms with E-state index in [9.17, 15) is 46.6 Å². The maximum Gasteiger partial charge on any atom is 0.418 e. The van der Waals surface area contributed by atoms with Crippen molar-refractivity contribution in [2.75, 3.05) is 12.4 Å². The van der Waals surface area contributed by atoms with E-state index < -0.39 is 76.6 Å². The molecule has 4 aromatic rings. The molecule has 5 atom stereocenters. The number of methoxy groups -OCH3 is 1. The summed E-state index contributed by atoms with van der Waals surface area (Å²) in [6.45, 7) is 7.02. The number of benzene rings is 3. The number of H-pyrrole nitrogens is 1. The first-order chi connectivity index (χ1) is 27.4. The van der Waals surface area contributed by atoms with Gasteiger partial charge in [-0.05, 0) is 66.1 Å². The first kappa shape index (κ1) is 43.2. The molecule has 5 rings (SSSR count). The number of halogens is 4. The number of carbonyl (C=O) groups is 5. The molecule has 0 spiro atoms. The lowest BCUT2D eigenvalue weighted by Gasteiger charge is -2.39. The molecule has 1 aliphatic rings. The lowest BCUT2D eigenvalue weighted by atomic mass is 9.78. The molecule has 3 aromatic carbocycles. The number of fused-ring (bicyclic) bond motifs is 3. The van der Waals surface area contributed by atoms with E-state index in [0.29, 0.717) is 24.1 Å². The summed E-state index contributed by atoms with van der Waals surface area (Å²) in [7, 11) is 1.30. The largest absolute Gasteiger partial charge is 0.496 e. The quantitative estimate of drug-likeness (QED) is 0.0761. The number of nitrogens with one attached hydrogen (secondary N) is 5. The second kappa shape index (κ2) is 17.7. The Morgan fingerprint density at radius 1 is 0.914 bits per heavy atom. The zero-order valence-electron chi connectivity index (χ0n) is 32.7. The van der Waals surface area contributed by atoms with Crippen molar-refractivity contribution in [3.05, 3.63) is 94.4 Å². The zero-order chi connectivity index (χ0) is 42.5. The summed E-state index contributed by atoms with van der Waals surface area (Å²) in [6, 6.07) is 11.0. The molecule has 0 bridgehead atoms. The van der Waals surface area contributed by atoms with Crippen LogP contribution in [0, 0.1) is 17.7 Å². The van der Waals surface area contributed by atoms with E-state index in [1.165, 1.54) is 55.6 Å². The van der Waals surface area contributed by atoms with E-state index in [4.69, 9.17) is 4.74 Å². The first-order valence-corrected chi connectivity index (χ1v) is 19.0. The van der Waals surface area contributed by atoms with Gasteiger partial charge in [0.2, 0.25) is 23.6 Å².